The van der Waals surface area contributed by atoms with E-state index in [1.807, 2.05) is 97.9 Å². The molecule has 6 heteroatoms. The van der Waals surface area contributed by atoms with Crippen molar-refractivity contribution in [3.63, 3.8) is 0 Å². The molecule has 0 saturated heterocycles. The van der Waals surface area contributed by atoms with Crippen LogP contribution in [0.15, 0.2) is 119 Å². The lowest BCUT2D eigenvalue weighted by Gasteiger charge is -2.28. The van der Waals surface area contributed by atoms with E-state index in [-0.39, 0.29) is 0 Å². The summed E-state index contributed by atoms with van der Waals surface area (Å²) in [6.45, 7) is 4.09. The Morgan fingerprint density at radius 3 is 1.81 bits per heavy atom. The molecule has 0 bridgehead atoms. The Morgan fingerprint density at radius 1 is 0.595 bits per heavy atom. The highest BCUT2D eigenvalue weighted by Gasteiger charge is 2.71. The zero-order valence-corrected chi connectivity index (χ0v) is 20.5. The Hall–Kier alpha value is -4.84. The molecule has 2 aliphatic heterocycles. The summed E-state index contributed by atoms with van der Waals surface area (Å²) in [6.07, 6.45) is 0. The molecule has 0 aromatic heterocycles. The normalized spacial score (nSPS) is 17.8. The van der Waals surface area contributed by atoms with E-state index in [9.17, 15) is 0 Å². The van der Waals surface area contributed by atoms with Crippen molar-refractivity contribution >= 4 is 33.5 Å². The monoisotopic (exact) mass is 484 g/mol. The first-order valence-corrected chi connectivity index (χ1v) is 12.3. The SMILES string of the molecule is Cc1cc(C)c2c(c1)N=[N+](c1ccccc1)[C@@]1(Oc3cc4ccccc4cc3N=[N+]1c1ccccc1)O2. The molecular weight excluding hydrogens is 460 g/mol. The summed E-state index contributed by atoms with van der Waals surface area (Å²) in [7, 11) is 0. The van der Waals surface area contributed by atoms with Gasteiger partial charge in [0.2, 0.25) is 11.4 Å². The largest absolute Gasteiger partial charge is 0.762 e. The van der Waals surface area contributed by atoms with Gasteiger partial charge in [-0.25, -0.2) is 0 Å². The molecule has 7 rings (SSSR count). The van der Waals surface area contributed by atoms with Crippen LogP contribution in [-0.4, -0.2) is 15.4 Å². The van der Waals surface area contributed by atoms with Crippen molar-refractivity contribution in [1.82, 2.24) is 0 Å². The molecule has 0 unspecified atom stereocenters. The predicted octanol–water partition coefficient (Wildman–Crippen LogP) is 8.41. The number of rotatable bonds is 2. The molecule has 0 saturated carbocycles. The van der Waals surface area contributed by atoms with Gasteiger partial charge in [0.15, 0.2) is 22.9 Å². The zero-order valence-electron chi connectivity index (χ0n) is 20.5. The molecule has 2 heterocycles. The van der Waals surface area contributed by atoms with Crippen LogP contribution in [0.4, 0.5) is 22.7 Å². The van der Waals surface area contributed by atoms with Crippen molar-refractivity contribution in [2.24, 2.45) is 10.2 Å². The quantitative estimate of drug-likeness (QED) is 0.236. The van der Waals surface area contributed by atoms with Crippen LogP contribution in [-0.2, 0) is 0 Å². The third-order valence-corrected chi connectivity index (χ3v) is 6.66. The molecule has 0 amide bonds. The first kappa shape index (κ1) is 21.4. The van der Waals surface area contributed by atoms with Gasteiger partial charge in [0.25, 0.3) is 0 Å². The van der Waals surface area contributed by atoms with E-state index < -0.39 is 6.03 Å². The Morgan fingerprint density at radius 2 is 1.16 bits per heavy atom. The van der Waals surface area contributed by atoms with E-state index in [4.69, 9.17) is 19.7 Å². The molecule has 178 valence electrons. The Labute approximate surface area is 214 Å². The van der Waals surface area contributed by atoms with Crippen molar-refractivity contribution in [2.75, 3.05) is 0 Å². The first-order chi connectivity index (χ1) is 18.1. The van der Waals surface area contributed by atoms with Crippen molar-refractivity contribution in [1.29, 1.82) is 0 Å². The van der Waals surface area contributed by atoms with Gasteiger partial charge in [0.05, 0.1) is 9.39 Å². The molecule has 37 heavy (non-hydrogen) atoms. The fourth-order valence-electron chi connectivity index (χ4n) is 4.99. The van der Waals surface area contributed by atoms with Gasteiger partial charge in [-0.3, -0.25) is 0 Å². The Bertz CT molecular complexity index is 1750. The number of hydrogen-bond donors (Lipinski definition) is 0. The fourth-order valence-corrected chi connectivity index (χ4v) is 4.99. The van der Waals surface area contributed by atoms with Crippen LogP contribution in [0.25, 0.3) is 10.8 Å². The molecule has 2 aliphatic rings. The Balaban J connectivity index is 1.55. The zero-order chi connectivity index (χ0) is 25.0. The maximum absolute atomic E-state index is 6.89. The highest BCUT2D eigenvalue weighted by molar-refractivity contribution is 5.88. The van der Waals surface area contributed by atoms with Crippen LogP contribution in [0, 0.1) is 13.8 Å². The molecule has 6 nitrogen and oxygen atoms in total. The van der Waals surface area contributed by atoms with E-state index in [0.29, 0.717) is 11.5 Å². The fraction of sp³-hybridized carbons (Fsp3) is 0.0968. The second-order valence-electron chi connectivity index (χ2n) is 9.34. The second kappa shape index (κ2) is 8.10. The van der Waals surface area contributed by atoms with E-state index >= 15 is 0 Å². The summed E-state index contributed by atoms with van der Waals surface area (Å²) in [4.78, 5) is 0. The molecule has 0 aliphatic carbocycles. The van der Waals surface area contributed by atoms with Gasteiger partial charge in [-0.05, 0) is 53.9 Å². The Kier molecular flexibility index (Phi) is 4.69. The van der Waals surface area contributed by atoms with Crippen molar-refractivity contribution in [2.45, 2.75) is 19.9 Å². The van der Waals surface area contributed by atoms with Gasteiger partial charge in [-0.1, -0.05) is 66.7 Å². The van der Waals surface area contributed by atoms with Crippen LogP contribution in [0.5, 0.6) is 11.5 Å². The van der Waals surface area contributed by atoms with Crippen molar-refractivity contribution in [3.8, 4) is 11.5 Å². The van der Waals surface area contributed by atoms with Crippen LogP contribution in [0.3, 0.4) is 0 Å². The lowest BCUT2D eigenvalue weighted by atomic mass is 10.1. The summed E-state index contributed by atoms with van der Waals surface area (Å²) in [6, 6.07) is 34.7. The third kappa shape index (κ3) is 3.41. The predicted molar refractivity (Wildman–Crippen MR) is 141 cm³/mol. The lowest BCUT2D eigenvalue weighted by Crippen LogP contribution is -2.59. The van der Waals surface area contributed by atoms with Gasteiger partial charge in [-0.15, -0.1) is 0 Å². The van der Waals surface area contributed by atoms with Gasteiger partial charge in [0.1, 0.15) is 0 Å². The smallest absolute Gasteiger partial charge is 0.334 e. The first-order valence-electron chi connectivity index (χ1n) is 12.3. The van der Waals surface area contributed by atoms with Gasteiger partial charge < -0.3 is 9.47 Å². The molecule has 5 aromatic rings. The molecule has 1 spiro atoms. The average Bonchev–Trinajstić information content (AvgIpc) is 2.93. The van der Waals surface area contributed by atoms with Crippen LogP contribution in [0.2, 0.25) is 0 Å². The molecular formula is C31H24N4O2+2. The molecule has 0 N–H and O–H groups in total. The summed E-state index contributed by atoms with van der Waals surface area (Å²) in [5.41, 5.74) is 5.17. The number of fused-ring (bicyclic) bond motifs is 3. The number of azo groups is 4. The molecule has 1 atom stereocenters. The van der Waals surface area contributed by atoms with Gasteiger partial charge in [0, 0.05) is 34.5 Å². The van der Waals surface area contributed by atoms with E-state index in [2.05, 4.69) is 25.1 Å². The molecule has 0 radical (unpaired) electrons. The highest BCUT2D eigenvalue weighted by Crippen LogP contribution is 2.49. The van der Waals surface area contributed by atoms with E-state index in [1.54, 1.807) is 9.39 Å². The number of hydrogen-bond acceptors (Lipinski definition) is 4. The van der Waals surface area contributed by atoms with Crippen LogP contribution >= 0.6 is 0 Å². The number of benzene rings is 5. The van der Waals surface area contributed by atoms with E-state index in [1.165, 1.54) is 0 Å². The molecule has 5 aromatic carbocycles. The highest BCUT2D eigenvalue weighted by atomic mass is 16.8. The van der Waals surface area contributed by atoms with Gasteiger partial charge >= 0.3 is 6.03 Å². The average molecular weight is 485 g/mol. The van der Waals surface area contributed by atoms with E-state index in [0.717, 1.165) is 44.6 Å². The summed E-state index contributed by atoms with van der Waals surface area (Å²) < 4.78 is 17.3. The van der Waals surface area contributed by atoms with Gasteiger partial charge in [-0.2, -0.15) is 0 Å². The minimum absolute atomic E-state index is 0.621. The minimum atomic E-state index is -1.54. The number of ether oxygens (including phenoxy) is 2. The van der Waals surface area contributed by atoms with Crippen molar-refractivity contribution < 1.29 is 18.9 Å². The van der Waals surface area contributed by atoms with Crippen molar-refractivity contribution in [3.05, 3.63) is 120 Å². The number of nitrogens with zero attached hydrogens (tertiary/aromatic N) is 4. The standard InChI is InChI=1S/C31H24N4O2/c1-21-17-22(2)30-28(18-21)33-35(26-15-7-4-8-16-26)31(37-30)34(25-13-5-3-6-14-25)32-27-19-23-11-9-10-12-24(23)20-29(27)36-31/h3-20H,1-2H3/q+2/t31-/m0/s1. The second-order valence-corrected chi connectivity index (χ2v) is 9.34. The van der Waals surface area contributed by atoms with Crippen LogP contribution < -0.4 is 9.47 Å². The lowest BCUT2D eigenvalue weighted by molar-refractivity contribution is -0.902. The summed E-state index contributed by atoms with van der Waals surface area (Å²) >= 11 is 0. The minimum Gasteiger partial charge on any atom is -0.334 e. The third-order valence-electron chi connectivity index (χ3n) is 6.66. The number of para-hydroxylation sites is 2. The summed E-state index contributed by atoms with van der Waals surface area (Å²) in [5.74, 6) is 1.29. The summed E-state index contributed by atoms with van der Waals surface area (Å²) in [5, 5.41) is 12.4. The topological polar surface area (TPSA) is 49.2 Å². The number of aryl methyl sites for hydroxylation is 2. The molecule has 0 fully saturated rings. The van der Waals surface area contributed by atoms with Crippen LogP contribution in [0.1, 0.15) is 11.1 Å². The maximum Gasteiger partial charge on any atom is 0.762 e. The maximum atomic E-state index is 6.89.